The second-order valence-electron chi connectivity index (χ2n) is 6.29. The molecule has 0 atom stereocenters. The van der Waals surface area contributed by atoms with Gasteiger partial charge in [0.15, 0.2) is 0 Å². The summed E-state index contributed by atoms with van der Waals surface area (Å²) in [6, 6.07) is 4.58. The number of rotatable bonds is 5. The quantitative estimate of drug-likeness (QED) is 0.809. The van der Waals surface area contributed by atoms with E-state index in [0.29, 0.717) is 53.4 Å². The van der Waals surface area contributed by atoms with Gasteiger partial charge in [0.2, 0.25) is 5.13 Å². The highest BCUT2D eigenvalue weighted by atomic mass is 35.5. The zero-order chi connectivity index (χ0) is 18.5. The molecule has 140 valence electrons. The predicted octanol–water partition coefficient (Wildman–Crippen LogP) is 3.35. The van der Waals surface area contributed by atoms with Crippen LogP contribution in [0.1, 0.15) is 24.2 Å². The third-order valence-electron chi connectivity index (χ3n) is 4.44. The number of benzene rings is 1. The van der Waals surface area contributed by atoms with Gasteiger partial charge in [-0.1, -0.05) is 17.7 Å². The highest BCUT2D eigenvalue weighted by Crippen LogP contribution is 2.25. The number of urea groups is 1. The topological polar surface area (TPSA) is 78.3 Å². The van der Waals surface area contributed by atoms with Gasteiger partial charge in [-0.25, -0.2) is 14.2 Å². The number of aromatic nitrogens is 2. The van der Waals surface area contributed by atoms with Gasteiger partial charge in [0.25, 0.3) is 0 Å². The average molecular weight is 399 g/mol. The molecule has 0 saturated carbocycles. The first kappa shape index (κ1) is 19.0. The number of amides is 2. The summed E-state index contributed by atoms with van der Waals surface area (Å²) in [6.07, 6.45) is 2.67. The molecule has 1 aromatic heterocycles. The Labute approximate surface area is 160 Å². The molecule has 26 heavy (non-hydrogen) atoms. The van der Waals surface area contributed by atoms with Crippen molar-refractivity contribution in [2.45, 2.75) is 25.7 Å². The van der Waals surface area contributed by atoms with Gasteiger partial charge in [0.1, 0.15) is 11.6 Å². The molecule has 1 aromatic carbocycles. The molecular formula is C17H20ClFN4O2S. The van der Waals surface area contributed by atoms with Crippen LogP contribution in [0.2, 0.25) is 5.02 Å². The Hall–Kier alpha value is -1.77. The van der Waals surface area contributed by atoms with Crippen LogP contribution in [0, 0.1) is 11.7 Å². The predicted molar refractivity (Wildman–Crippen MR) is 99.1 cm³/mol. The zero-order valence-corrected chi connectivity index (χ0v) is 15.7. The summed E-state index contributed by atoms with van der Waals surface area (Å²) in [7, 11) is 0. The summed E-state index contributed by atoms with van der Waals surface area (Å²) in [5.74, 6) is 0.594. The summed E-state index contributed by atoms with van der Waals surface area (Å²) in [6.45, 7) is 1.22. The van der Waals surface area contributed by atoms with Crippen LogP contribution in [-0.4, -0.2) is 45.1 Å². The number of aliphatic hydroxyl groups is 1. The van der Waals surface area contributed by atoms with Crippen molar-refractivity contribution in [3.05, 3.63) is 40.4 Å². The third kappa shape index (κ3) is 4.90. The van der Waals surface area contributed by atoms with Crippen LogP contribution >= 0.6 is 23.1 Å². The van der Waals surface area contributed by atoms with Crippen molar-refractivity contribution in [1.29, 1.82) is 0 Å². The number of halogens is 2. The third-order valence-corrected chi connectivity index (χ3v) is 5.35. The maximum Gasteiger partial charge on any atom is 0.323 e. The monoisotopic (exact) mass is 398 g/mol. The molecule has 0 spiro atoms. The van der Waals surface area contributed by atoms with Crippen LogP contribution in [0.5, 0.6) is 0 Å². The molecule has 2 aromatic rings. The standard InChI is InChI=1S/C17H20ClFN4O2S/c18-13-2-1-12(14(19)10-13)9-11-3-6-23(7-4-11)17(25)21-16-20-15(5-8-24)22-26-16/h1-2,10-11,24H,3-9H2,(H,20,21,22,25). The zero-order valence-electron chi connectivity index (χ0n) is 14.1. The second kappa shape index (κ2) is 8.75. The Bertz CT molecular complexity index is 765. The van der Waals surface area contributed by atoms with Crippen molar-refractivity contribution in [2.24, 2.45) is 5.92 Å². The minimum absolute atomic E-state index is 0.0220. The van der Waals surface area contributed by atoms with E-state index in [1.165, 1.54) is 6.07 Å². The van der Waals surface area contributed by atoms with Crippen molar-refractivity contribution >= 4 is 34.3 Å². The van der Waals surface area contributed by atoms with Gasteiger partial charge in [-0.15, -0.1) is 0 Å². The maximum absolute atomic E-state index is 13.9. The lowest BCUT2D eigenvalue weighted by atomic mass is 9.90. The number of piperidine rings is 1. The number of likely N-dealkylation sites (tertiary alicyclic amines) is 1. The molecule has 2 N–H and O–H groups in total. The molecule has 1 saturated heterocycles. The first-order chi connectivity index (χ1) is 12.5. The molecule has 0 radical (unpaired) electrons. The van der Waals surface area contributed by atoms with E-state index in [9.17, 15) is 9.18 Å². The Morgan fingerprint density at radius 1 is 1.42 bits per heavy atom. The lowest BCUT2D eigenvalue weighted by molar-refractivity contribution is 0.182. The van der Waals surface area contributed by atoms with Gasteiger partial charge in [-0.2, -0.15) is 4.37 Å². The number of nitrogens with one attached hydrogen (secondary N) is 1. The van der Waals surface area contributed by atoms with Gasteiger partial charge in [0, 0.05) is 36.1 Å². The van der Waals surface area contributed by atoms with Crippen LogP contribution in [0.15, 0.2) is 18.2 Å². The molecule has 1 fully saturated rings. The Morgan fingerprint density at radius 3 is 2.88 bits per heavy atom. The van der Waals surface area contributed by atoms with Gasteiger partial charge < -0.3 is 10.0 Å². The summed E-state index contributed by atoms with van der Waals surface area (Å²) in [4.78, 5) is 18.2. The number of anilines is 1. The first-order valence-electron chi connectivity index (χ1n) is 8.48. The van der Waals surface area contributed by atoms with Crippen LogP contribution in [0.3, 0.4) is 0 Å². The normalized spacial score (nSPS) is 15.3. The molecular weight excluding hydrogens is 379 g/mol. The SMILES string of the molecule is O=C(Nc1nc(CCO)ns1)N1CCC(Cc2ccc(Cl)cc2F)CC1. The van der Waals surface area contributed by atoms with E-state index >= 15 is 0 Å². The highest BCUT2D eigenvalue weighted by molar-refractivity contribution is 7.09. The molecule has 2 amide bonds. The van der Waals surface area contributed by atoms with Gasteiger partial charge in [0.05, 0.1) is 6.61 Å². The Morgan fingerprint density at radius 2 is 2.19 bits per heavy atom. The van der Waals surface area contributed by atoms with Crippen molar-refractivity contribution in [2.75, 3.05) is 25.0 Å². The molecule has 2 heterocycles. The molecule has 9 heteroatoms. The van der Waals surface area contributed by atoms with Crippen molar-refractivity contribution in [3.63, 3.8) is 0 Å². The molecule has 0 aliphatic carbocycles. The van der Waals surface area contributed by atoms with Gasteiger partial charge in [-0.3, -0.25) is 5.32 Å². The summed E-state index contributed by atoms with van der Waals surface area (Å²) in [5, 5.41) is 12.5. The minimum Gasteiger partial charge on any atom is -0.396 e. The molecule has 0 bridgehead atoms. The summed E-state index contributed by atoms with van der Waals surface area (Å²) < 4.78 is 18.0. The van der Waals surface area contributed by atoms with E-state index in [4.69, 9.17) is 16.7 Å². The lowest BCUT2D eigenvalue weighted by Crippen LogP contribution is -2.41. The fourth-order valence-electron chi connectivity index (χ4n) is 3.02. The number of hydrogen-bond acceptors (Lipinski definition) is 5. The van der Waals surface area contributed by atoms with E-state index in [-0.39, 0.29) is 18.5 Å². The lowest BCUT2D eigenvalue weighted by Gasteiger charge is -2.31. The highest BCUT2D eigenvalue weighted by Gasteiger charge is 2.24. The van der Waals surface area contributed by atoms with E-state index < -0.39 is 0 Å². The number of carbonyl (C=O) groups excluding carboxylic acids is 1. The fourth-order valence-corrected chi connectivity index (χ4v) is 3.78. The second-order valence-corrected chi connectivity index (χ2v) is 7.48. The summed E-state index contributed by atoms with van der Waals surface area (Å²) >= 11 is 6.89. The summed E-state index contributed by atoms with van der Waals surface area (Å²) in [5.41, 5.74) is 0.669. The first-order valence-corrected chi connectivity index (χ1v) is 9.63. The minimum atomic E-state index is -0.271. The number of nitrogens with zero attached hydrogens (tertiary/aromatic N) is 3. The van der Waals surface area contributed by atoms with Crippen LogP contribution in [0.25, 0.3) is 0 Å². The molecule has 1 aliphatic rings. The number of carbonyl (C=O) groups is 1. The van der Waals surface area contributed by atoms with Gasteiger partial charge >= 0.3 is 6.03 Å². The average Bonchev–Trinajstić information content (AvgIpc) is 3.05. The maximum atomic E-state index is 13.9. The largest absolute Gasteiger partial charge is 0.396 e. The van der Waals surface area contributed by atoms with E-state index in [0.717, 1.165) is 24.4 Å². The molecule has 3 rings (SSSR count). The van der Waals surface area contributed by atoms with Crippen LogP contribution < -0.4 is 5.32 Å². The number of hydrogen-bond donors (Lipinski definition) is 2. The Kier molecular flexibility index (Phi) is 6.39. The van der Waals surface area contributed by atoms with Crippen LogP contribution in [-0.2, 0) is 12.8 Å². The van der Waals surface area contributed by atoms with Gasteiger partial charge in [-0.05, 0) is 42.9 Å². The van der Waals surface area contributed by atoms with Crippen LogP contribution in [0.4, 0.5) is 14.3 Å². The van der Waals surface area contributed by atoms with Crippen molar-refractivity contribution < 1.29 is 14.3 Å². The van der Waals surface area contributed by atoms with E-state index in [2.05, 4.69) is 14.7 Å². The van der Waals surface area contributed by atoms with E-state index in [1.807, 2.05) is 0 Å². The van der Waals surface area contributed by atoms with Crippen molar-refractivity contribution in [3.8, 4) is 0 Å². The smallest absolute Gasteiger partial charge is 0.323 e. The molecule has 0 unspecified atom stereocenters. The fraction of sp³-hybridized carbons (Fsp3) is 0.471. The van der Waals surface area contributed by atoms with E-state index in [1.54, 1.807) is 17.0 Å². The molecule has 6 nitrogen and oxygen atoms in total. The Balaban J connectivity index is 1.48. The number of aliphatic hydroxyl groups excluding tert-OH is 1. The molecule has 1 aliphatic heterocycles. The van der Waals surface area contributed by atoms with Crippen molar-refractivity contribution in [1.82, 2.24) is 14.3 Å².